The van der Waals surface area contributed by atoms with E-state index in [0.717, 1.165) is 27.7 Å². The van der Waals surface area contributed by atoms with Gasteiger partial charge >= 0.3 is 31.2 Å². The average Bonchev–Trinajstić information content (AvgIpc) is 2.69. The van der Waals surface area contributed by atoms with E-state index in [1.54, 1.807) is 0 Å². The van der Waals surface area contributed by atoms with E-state index in [-0.39, 0.29) is 0 Å². The van der Waals surface area contributed by atoms with Crippen LogP contribution in [0, 0.1) is 0 Å². The Hall–Kier alpha value is -2.26. The van der Waals surface area contributed by atoms with Crippen LogP contribution in [0.1, 0.15) is 53.4 Å². The Balaban J connectivity index is 5.70. The first-order chi connectivity index (χ1) is 13.6. The van der Waals surface area contributed by atoms with Crippen LogP contribution in [0.5, 0.6) is 0 Å². The zero-order chi connectivity index (χ0) is 24.1. The maximum atomic E-state index is 12.2. The van der Waals surface area contributed by atoms with Gasteiger partial charge in [0.2, 0.25) is 11.2 Å². The summed E-state index contributed by atoms with van der Waals surface area (Å²) in [6, 6.07) is 0. The van der Waals surface area contributed by atoms with Crippen LogP contribution in [0.2, 0.25) is 0 Å². The van der Waals surface area contributed by atoms with Crippen molar-refractivity contribution in [1.82, 2.24) is 0 Å². The second-order valence-electron chi connectivity index (χ2n) is 6.58. The van der Waals surface area contributed by atoms with Crippen molar-refractivity contribution in [3.8, 4) is 0 Å². The fourth-order valence-corrected chi connectivity index (χ4v) is 2.85. The molecule has 0 aliphatic heterocycles. The number of carbonyl (C=O) groups excluding carboxylic acids is 2. The van der Waals surface area contributed by atoms with Crippen molar-refractivity contribution < 1.29 is 64.2 Å². The van der Waals surface area contributed by atoms with E-state index in [1.165, 1.54) is 0 Å². The molecule has 7 N–H and O–H groups in total. The highest BCUT2D eigenvalue weighted by molar-refractivity contribution is 6.40. The van der Waals surface area contributed by atoms with Gasteiger partial charge in [-0.2, -0.15) is 0 Å². The zero-order valence-electron chi connectivity index (χ0n) is 17.0. The molecular weight excluding hydrogens is 411 g/mol. The lowest BCUT2D eigenvalue weighted by Crippen LogP contribution is -2.65. The molecule has 0 aliphatic carbocycles. The summed E-state index contributed by atoms with van der Waals surface area (Å²) in [5.41, 5.74) is -12.2. The third-order valence-electron chi connectivity index (χ3n) is 5.21. The summed E-state index contributed by atoms with van der Waals surface area (Å²) in [4.78, 5) is 47.1. The Kier molecular flexibility index (Phi) is 8.97. The molecule has 0 bridgehead atoms. The number of aliphatic carboxylic acids is 2. The van der Waals surface area contributed by atoms with E-state index in [0.29, 0.717) is 0 Å². The smallest absolute Gasteiger partial charge is 0.479 e. The fraction of sp³-hybridized carbons (Fsp3) is 0.750. The first kappa shape index (κ1) is 27.7. The normalized spacial score (nSPS) is 19.2. The highest BCUT2D eigenvalue weighted by Gasteiger charge is 2.62. The van der Waals surface area contributed by atoms with Crippen LogP contribution in [-0.4, -0.2) is 89.3 Å². The lowest BCUT2D eigenvalue weighted by atomic mass is 9.78. The molecular formula is C16H27BO13. The SMILES string of the molecule is CCC(O)(C(=O)O)C(O)(CC)C(=O)OB(O)OC(=O)C(O)(CC)C(O)(CC)C(=O)O. The van der Waals surface area contributed by atoms with E-state index in [9.17, 15) is 44.6 Å². The summed E-state index contributed by atoms with van der Waals surface area (Å²) in [7, 11) is -2.84. The number of hydrogen-bond acceptors (Lipinski definition) is 11. The maximum Gasteiger partial charge on any atom is 0.789 e. The lowest BCUT2D eigenvalue weighted by Gasteiger charge is -2.38. The van der Waals surface area contributed by atoms with Gasteiger partial charge < -0.3 is 45.0 Å². The largest absolute Gasteiger partial charge is 0.789 e. The number of carboxylic acids is 2. The Morgan fingerprint density at radius 1 is 0.633 bits per heavy atom. The summed E-state index contributed by atoms with van der Waals surface area (Å²) in [5.74, 6) is -7.68. The fourth-order valence-electron chi connectivity index (χ4n) is 2.85. The third kappa shape index (κ3) is 4.42. The minimum absolute atomic E-state index is 0.643. The molecule has 0 saturated heterocycles. The van der Waals surface area contributed by atoms with Gasteiger partial charge in [-0.05, 0) is 25.7 Å². The van der Waals surface area contributed by atoms with Crippen LogP contribution in [0.15, 0.2) is 0 Å². The van der Waals surface area contributed by atoms with Crippen LogP contribution >= 0.6 is 0 Å². The van der Waals surface area contributed by atoms with Gasteiger partial charge in [0.05, 0.1) is 0 Å². The van der Waals surface area contributed by atoms with E-state index in [4.69, 9.17) is 10.2 Å². The molecule has 14 heteroatoms. The highest BCUT2D eigenvalue weighted by atomic mass is 16.7. The van der Waals surface area contributed by atoms with Crippen LogP contribution in [0.4, 0.5) is 0 Å². The molecule has 0 aliphatic rings. The minimum Gasteiger partial charge on any atom is -0.479 e. The standard InChI is InChI=1S/C16H27BO13/c1-5-13(24,9(18)19)15(26,7-3)11(22)29-17(28)30-12(23)16(27,8-4)14(25,6-2)10(20)21/h24-28H,5-8H2,1-4H3,(H,18,19)(H,20,21). The molecule has 0 radical (unpaired) electrons. The third-order valence-corrected chi connectivity index (χ3v) is 5.21. The number of rotatable bonds is 12. The maximum absolute atomic E-state index is 12.2. The first-order valence-electron chi connectivity index (χ1n) is 9.04. The predicted molar refractivity (Wildman–Crippen MR) is 96.4 cm³/mol. The monoisotopic (exact) mass is 438 g/mol. The number of hydrogen-bond donors (Lipinski definition) is 7. The predicted octanol–water partition coefficient (Wildman–Crippen LogP) is -2.22. The van der Waals surface area contributed by atoms with Gasteiger partial charge in [0.15, 0.2) is 11.2 Å². The molecule has 0 saturated carbocycles. The molecule has 4 unspecified atom stereocenters. The molecule has 0 heterocycles. The van der Waals surface area contributed by atoms with Crippen molar-refractivity contribution in [1.29, 1.82) is 0 Å². The van der Waals surface area contributed by atoms with Crippen LogP contribution in [0.25, 0.3) is 0 Å². The molecule has 0 aromatic rings. The van der Waals surface area contributed by atoms with Crippen LogP contribution < -0.4 is 0 Å². The van der Waals surface area contributed by atoms with Crippen LogP contribution in [-0.2, 0) is 28.5 Å². The molecule has 4 atom stereocenters. The van der Waals surface area contributed by atoms with E-state index < -0.39 is 79.3 Å². The zero-order valence-corrected chi connectivity index (χ0v) is 17.0. The second kappa shape index (κ2) is 9.70. The topological polar surface area (TPSA) is 228 Å². The van der Waals surface area contributed by atoms with Gasteiger partial charge in [-0.3, -0.25) is 9.59 Å². The summed E-state index contributed by atoms with van der Waals surface area (Å²) in [5, 5.41) is 69.1. The first-order valence-corrected chi connectivity index (χ1v) is 9.04. The molecule has 13 nitrogen and oxygen atoms in total. The Morgan fingerprint density at radius 3 is 1.03 bits per heavy atom. The second-order valence-corrected chi connectivity index (χ2v) is 6.58. The highest BCUT2D eigenvalue weighted by Crippen LogP contribution is 2.33. The quantitative estimate of drug-likeness (QED) is 0.160. The van der Waals surface area contributed by atoms with E-state index in [1.807, 2.05) is 0 Å². The summed E-state index contributed by atoms with van der Waals surface area (Å²) >= 11 is 0. The number of carboxylic acid groups (broad SMARTS) is 2. The molecule has 0 rings (SSSR count). The molecule has 0 spiro atoms. The molecule has 0 aromatic carbocycles. The van der Waals surface area contributed by atoms with Gasteiger partial charge in [-0.15, -0.1) is 0 Å². The molecule has 0 fully saturated rings. The van der Waals surface area contributed by atoms with Crippen molar-refractivity contribution >= 4 is 31.2 Å². The Labute approximate surface area is 172 Å². The van der Waals surface area contributed by atoms with Crippen molar-refractivity contribution in [2.24, 2.45) is 0 Å². The molecule has 30 heavy (non-hydrogen) atoms. The van der Waals surface area contributed by atoms with Gasteiger partial charge in [0.1, 0.15) is 0 Å². The molecule has 172 valence electrons. The molecule has 0 amide bonds. The summed E-state index contributed by atoms with van der Waals surface area (Å²) in [6.07, 6.45) is -2.65. The Bertz CT molecular complexity index is 628. The van der Waals surface area contributed by atoms with E-state index in [2.05, 4.69) is 9.31 Å². The lowest BCUT2D eigenvalue weighted by molar-refractivity contribution is -0.212. The summed E-state index contributed by atoms with van der Waals surface area (Å²) < 4.78 is 8.56. The number of aliphatic hydroxyl groups is 4. The minimum atomic E-state index is -3.06. The van der Waals surface area contributed by atoms with Crippen LogP contribution in [0.3, 0.4) is 0 Å². The van der Waals surface area contributed by atoms with Gasteiger partial charge in [-0.25, -0.2) is 9.59 Å². The summed E-state index contributed by atoms with van der Waals surface area (Å²) in [6.45, 7) is 4.56. The van der Waals surface area contributed by atoms with Gasteiger partial charge in [0, 0.05) is 0 Å². The van der Waals surface area contributed by atoms with Gasteiger partial charge in [0.25, 0.3) is 0 Å². The molecule has 0 aromatic heterocycles. The van der Waals surface area contributed by atoms with E-state index >= 15 is 0 Å². The Morgan fingerprint density at radius 2 is 0.867 bits per heavy atom. The van der Waals surface area contributed by atoms with Crippen molar-refractivity contribution in [2.45, 2.75) is 75.8 Å². The van der Waals surface area contributed by atoms with Gasteiger partial charge in [-0.1, -0.05) is 27.7 Å². The average molecular weight is 438 g/mol. The van der Waals surface area contributed by atoms with Crippen molar-refractivity contribution in [3.05, 3.63) is 0 Å². The number of carbonyl (C=O) groups is 4. The van der Waals surface area contributed by atoms with Crippen molar-refractivity contribution in [2.75, 3.05) is 0 Å². The van der Waals surface area contributed by atoms with Crippen molar-refractivity contribution in [3.63, 3.8) is 0 Å².